The van der Waals surface area contributed by atoms with Gasteiger partial charge in [-0.15, -0.1) is 0 Å². The first-order valence-electron chi connectivity index (χ1n) is 5.59. The van der Waals surface area contributed by atoms with Crippen molar-refractivity contribution in [3.63, 3.8) is 0 Å². The topological polar surface area (TPSA) is 49.4 Å². The van der Waals surface area contributed by atoms with E-state index >= 15 is 0 Å². The van der Waals surface area contributed by atoms with Gasteiger partial charge in [0.05, 0.1) is 11.6 Å². The highest BCUT2D eigenvalue weighted by Gasteiger charge is 2.34. The van der Waals surface area contributed by atoms with Crippen molar-refractivity contribution in [2.24, 2.45) is 0 Å². The number of amides is 2. The van der Waals surface area contributed by atoms with Gasteiger partial charge in [0, 0.05) is 10.2 Å². The standard InChI is InChI=1S/C12H12BrClN2O2/c1-2-10-12(18)15-6-11(17)16(10)7-3-4-8(13)9(14)5-7/h3-5,10H,2,6H2,1H3,(H,15,18). The minimum Gasteiger partial charge on any atom is -0.345 e. The summed E-state index contributed by atoms with van der Waals surface area (Å²) in [4.78, 5) is 25.2. The van der Waals surface area contributed by atoms with Crippen molar-refractivity contribution >= 4 is 45.0 Å². The average molecular weight is 332 g/mol. The van der Waals surface area contributed by atoms with Gasteiger partial charge in [-0.3, -0.25) is 14.5 Å². The van der Waals surface area contributed by atoms with Gasteiger partial charge in [0.25, 0.3) is 0 Å². The Bertz CT molecular complexity index is 507. The molecule has 2 rings (SSSR count). The second-order valence-electron chi connectivity index (χ2n) is 4.00. The monoisotopic (exact) mass is 330 g/mol. The van der Waals surface area contributed by atoms with E-state index < -0.39 is 6.04 Å². The predicted molar refractivity (Wildman–Crippen MR) is 73.7 cm³/mol. The van der Waals surface area contributed by atoms with Gasteiger partial charge < -0.3 is 5.32 Å². The number of carbonyl (C=O) groups excluding carboxylic acids is 2. The largest absolute Gasteiger partial charge is 0.345 e. The molecule has 1 aromatic carbocycles. The van der Waals surface area contributed by atoms with Crippen LogP contribution in [0.15, 0.2) is 22.7 Å². The van der Waals surface area contributed by atoms with E-state index in [4.69, 9.17) is 11.6 Å². The number of nitrogens with one attached hydrogen (secondary N) is 1. The molecule has 2 amide bonds. The van der Waals surface area contributed by atoms with Crippen LogP contribution in [0.2, 0.25) is 5.02 Å². The van der Waals surface area contributed by atoms with Crippen LogP contribution in [0.3, 0.4) is 0 Å². The summed E-state index contributed by atoms with van der Waals surface area (Å²) in [6.45, 7) is 1.90. The Kier molecular flexibility index (Phi) is 3.92. The molecule has 0 radical (unpaired) electrons. The van der Waals surface area contributed by atoms with Crippen molar-refractivity contribution in [2.75, 3.05) is 11.4 Å². The molecule has 1 aromatic rings. The third-order valence-electron chi connectivity index (χ3n) is 2.86. The van der Waals surface area contributed by atoms with E-state index in [1.54, 1.807) is 18.2 Å². The maximum atomic E-state index is 12.0. The molecule has 1 unspecified atom stereocenters. The Morgan fingerprint density at radius 3 is 2.83 bits per heavy atom. The van der Waals surface area contributed by atoms with Crippen molar-refractivity contribution in [1.82, 2.24) is 5.32 Å². The first-order chi connectivity index (χ1) is 8.54. The Morgan fingerprint density at radius 1 is 1.50 bits per heavy atom. The molecule has 0 spiro atoms. The number of anilines is 1. The number of hydrogen-bond donors (Lipinski definition) is 1. The summed E-state index contributed by atoms with van der Waals surface area (Å²) >= 11 is 9.32. The number of nitrogens with zero attached hydrogens (tertiary/aromatic N) is 1. The van der Waals surface area contributed by atoms with Gasteiger partial charge in [-0.1, -0.05) is 18.5 Å². The van der Waals surface area contributed by atoms with Crippen molar-refractivity contribution in [1.29, 1.82) is 0 Å². The van der Waals surface area contributed by atoms with Gasteiger partial charge in [0.15, 0.2) is 0 Å². The fourth-order valence-corrected chi connectivity index (χ4v) is 2.40. The molecule has 1 heterocycles. The quantitative estimate of drug-likeness (QED) is 0.904. The van der Waals surface area contributed by atoms with E-state index in [1.807, 2.05) is 6.92 Å². The molecule has 1 aliphatic heterocycles. The Labute approximate surface area is 118 Å². The summed E-state index contributed by atoms with van der Waals surface area (Å²) in [5.41, 5.74) is 0.648. The second-order valence-corrected chi connectivity index (χ2v) is 5.27. The molecule has 18 heavy (non-hydrogen) atoms. The lowest BCUT2D eigenvalue weighted by Gasteiger charge is -2.34. The molecular formula is C12H12BrClN2O2. The van der Waals surface area contributed by atoms with E-state index in [0.29, 0.717) is 17.1 Å². The molecule has 1 aliphatic rings. The normalized spacial score (nSPS) is 19.9. The Balaban J connectivity index is 2.41. The number of carbonyl (C=O) groups is 2. The highest BCUT2D eigenvalue weighted by atomic mass is 79.9. The van der Waals surface area contributed by atoms with Crippen LogP contribution in [0.4, 0.5) is 5.69 Å². The van der Waals surface area contributed by atoms with Crippen LogP contribution in [0.1, 0.15) is 13.3 Å². The van der Waals surface area contributed by atoms with Gasteiger partial charge in [0.2, 0.25) is 11.8 Å². The van der Waals surface area contributed by atoms with Crippen molar-refractivity contribution in [3.05, 3.63) is 27.7 Å². The number of piperazine rings is 1. The van der Waals surface area contributed by atoms with E-state index in [1.165, 1.54) is 4.90 Å². The van der Waals surface area contributed by atoms with Gasteiger partial charge in [-0.25, -0.2) is 0 Å². The SMILES string of the molecule is CCC1C(=O)NCC(=O)N1c1ccc(Br)c(Cl)c1. The summed E-state index contributed by atoms with van der Waals surface area (Å²) in [5.74, 6) is -0.254. The van der Waals surface area contributed by atoms with E-state index in [2.05, 4.69) is 21.2 Å². The number of rotatable bonds is 2. The Morgan fingerprint density at radius 2 is 2.22 bits per heavy atom. The third kappa shape index (κ3) is 2.37. The lowest BCUT2D eigenvalue weighted by Crippen LogP contribution is -2.58. The molecule has 1 saturated heterocycles. The fourth-order valence-electron chi connectivity index (χ4n) is 1.98. The molecule has 0 aliphatic carbocycles. The van der Waals surface area contributed by atoms with Gasteiger partial charge >= 0.3 is 0 Å². The zero-order valence-electron chi connectivity index (χ0n) is 9.74. The third-order valence-corrected chi connectivity index (χ3v) is 4.10. The summed E-state index contributed by atoms with van der Waals surface area (Å²) < 4.78 is 0.759. The number of hydrogen-bond acceptors (Lipinski definition) is 2. The van der Waals surface area contributed by atoms with Crippen LogP contribution < -0.4 is 10.2 Å². The van der Waals surface area contributed by atoms with Crippen LogP contribution in [-0.2, 0) is 9.59 Å². The smallest absolute Gasteiger partial charge is 0.247 e. The maximum Gasteiger partial charge on any atom is 0.247 e. The van der Waals surface area contributed by atoms with E-state index in [0.717, 1.165) is 4.47 Å². The second kappa shape index (κ2) is 5.28. The van der Waals surface area contributed by atoms with Crippen LogP contribution in [0.25, 0.3) is 0 Å². The van der Waals surface area contributed by atoms with Gasteiger partial charge in [-0.2, -0.15) is 0 Å². The molecule has 0 bridgehead atoms. The summed E-state index contributed by atoms with van der Waals surface area (Å²) in [7, 11) is 0. The number of benzene rings is 1. The molecule has 0 saturated carbocycles. The van der Waals surface area contributed by atoms with Gasteiger partial charge in [-0.05, 0) is 40.5 Å². The van der Waals surface area contributed by atoms with Crippen molar-refractivity contribution in [2.45, 2.75) is 19.4 Å². The lowest BCUT2D eigenvalue weighted by atomic mass is 10.1. The minimum atomic E-state index is -0.469. The molecule has 1 N–H and O–H groups in total. The summed E-state index contributed by atoms with van der Waals surface area (Å²) in [6, 6.07) is 4.76. The molecule has 1 fully saturated rings. The molecular weight excluding hydrogens is 320 g/mol. The number of halogens is 2. The zero-order valence-corrected chi connectivity index (χ0v) is 12.1. The predicted octanol–water partition coefficient (Wildman–Crippen LogP) is 2.34. The molecule has 96 valence electrons. The average Bonchev–Trinajstić information content (AvgIpc) is 2.35. The molecule has 1 atom stereocenters. The van der Waals surface area contributed by atoms with Crippen molar-refractivity contribution in [3.8, 4) is 0 Å². The lowest BCUT2D eigenvalue weighted by molar-refractivity contribution is -0.131. The first kappa shape index (κ1) is 13.4. The van der Waals surface area contributed by atoms with E-state index in [-0.39, 0.29) is 18.4 Å². The summed E-state index contributed by atoms with van der Waals surface area (Å²) in [6.07, 6.45) is 0.561. The zero-order chi connectivity index (χ0) is 13.3. The van der Waals surface area contributed by atoms with Crippen LogP contribution >= 0.6 is 27.5 Å². The Hall–Kier alpha value is -1.07. The minimum absolute atomic E-state index is 0.0308. The molecule has 6 heteroatoms. The van der Waals surface area contributed by atoms with E-state index in [9.17, 15) is 9.59 Å². The molecule has 4 nitrogen and oxygen atoms in total. The van der Waals surface area contributed by atoms with Crippen molar-refractivity contribution < 1.29 is 9.59 Å². The highest BCUT2D eigenvalue weighted by molar-refractivity contribution is 9.10. The van der Waals surface area contributed by atoms with Crippen LogP contribution in [-0.4, -0.2) is 24.4 Å². The highest BCUT2D eigenvalue weighted by Crippen LogP contribution is 2.29. The van der Waals surface area contributed by atoms with Crippen LogP contribution in [0.5, 0.6) is 0 Å². The fraction of sp³-hybridized carbons (Fsp3) is 0.333. The first-order valence-corrected chi connectivity index (χ1v) is 6.76. The van der Waals surface area contributed by atoms with Crippen LogP contribution in [0, 0.1) is 0 Å². The summed E-state index contributed by atoms with van der Waals surface area (Å²) in [5, 5.41) is 3.10. The molecule has 0 aromatic heterocycles. The maximum absolute atomic E-state index is 12.0. The van der Waals surface area contributed by atoms with Gasteiger partial charge in [0.1, 0.15) is 6.04 Å².